The summed E-state index contributed by atoms with van der Waals surface area (Å²) in [5.74, 6) is -0.308. The van der Waals surface area contributed by atoms with E-state index in [0.717, 1.165) is 55.1 Å². The Labute approximate surface area is 259 Å². The monoisotopic (exact) mass is 643 g/mol. The molecule has 44 heavy (non-hydrogen) atoms. The van der Waals surface area contributed by atoms with Crippen molar-refractivity contribution in [2.75, 3.05) is 38.2 Å². The SMILES string of the molecule is C[Si](C)(C)CCOCn1nc(S(=O)(=O)N2C[C@@H]3C[C@H]2CN3CCCO)nc1Nc1c(-c2ccnc(F)c2)ccc2c1CCC2. The van der Waals surface area contributed by atoms with Crippen molar-refractivity contribution in [1.82, 2.24) is 29.0 Å². The maximum absolute atomic E-state index is 14.2. The summed E-state index contributed by atoms with van der Waals surface area (Å²) in [5, 5.41) is 16.9. The van der Waals surface area contributed by atoms with Crippen LogP contribution in [0.25, 0.3) is 11.1 Å². The van der Waals surface area contributed by atoms with Crippen LogP contribution in [-0.4, -0.2) is 95.5 Å². The summed E-state index contributed by atoms with van der Waals surface area (Å²) in [5.41, 5.74) is 4.53. The Kier molecular flexibility index (Phi) is 8.92. The van der Waals surface area contributed by atoms with E-state index in [1.807, 2.05) is 6.07 Å². The normalized spacial score (nSPS) is 20.5. The second-order valence-electron chi connectivity index (χ2n) is 13.2. The van der Waals surface area contributed by atoms with Crippen molar-refractivity contribution < 1.29 is 22.7 Å². The highest BCUT2D eigenvalue weighted by atomic mass is 32.2. The number of piperazine rings is 1. The summed E-state index contributed by atoms with van der Waals surface area (Å²) in [6.45, 7) is 9.31. The molecular formula is C30H42FN7O4SSi. The number of ether oxygens (including phenoxy) is 1. The largest absolute Gasteiger partial charge is 0.396 e. The van der Waals surface area contributed by atoms with E-state index in [1.54, 1.807) is 6.07 Å². The van der Waals surface area contributed by atoms with Gasteiger partial charge >= 0.3 is 0 Å². The van der Waals surface area contributed by atoms with Gasteiger partial charge in [-0.15, -0.1) is 5.10 Å². The predicted octanol–water partition coefficient (Wildman–Crippen LogP) is 3.85. The molecule has 11 nitrogen and oxygen atoms in total. The van der Waals surface area contributed by atoms with Crippen LogP contribution in [0.15, 0.2) is 35.6 Å². The number of nitrogens with one attached hydrogen (secondary N) is 1. The number of fused-ring (bicyclic) bond motifs is 3. The van der Waals surface area contributed by atoms with Crippen LogP contribution in [0.1, 0.15) is 30.4 Å². The molecule has 2 aliphatic heterocycles. The number of hydrogen-bond donors (Lipinski definition) is 2. The average Bonchev–Trinajstić information content (AvgIpc) is 3.78. The molecule has 2 atom stereocenters. The number of anilines is 2. The van der Waals surface area contributed by atoms with Gasteiger partial charge in [0.1, 0.15) is 6.73 Å². The zero-order valence-electron chi connectivity index (χ0n) is 25.7. The zero-order chi connectivity index (χ0) is 31.1. The molecule has 2 N–H and O–H groups in total. The molecule has 0 amide bonds. The number of aromatic nitrogens is 4. The third kappa shape index (κ3) is 6.46. The van der Waals surface area contributed by atoms with Gasteiger partial charge in [0.15, 0.2) is 0 Å². The molecule has 14 heteroatoms. The van der Waals surface area contributed by atoms with Gasteiger partial charge in [-0.25, -0.2) is 18.1 Å². The fraction of sp³-hybridized carbons (Fsp3) is 0.567. The summed E-state index contributed by atoms with van der Waals surface area (Å²) in [4.78, 5) is 10.6. The predicted molar refractivity (Wildman–Crippen MR) is 168 cm³/mol. The number of aliphatic hydroxyl groups is 1. The van der Waals surface area contributed by atoms with Crippen molar-refractivity contribution >= 4 is 29.7 Å². The molecule has 1 aromatic carbocycles. The van der Waals surface area contributed by atoms with Crippen molar-refractivity contribution in [3.63, 3.8) is 0 Å². The van der Waals surface area contributed by atoms with E-state index in [-0.39, 0.29) is 36.5 Å². The molecule has 0 unspecified atom stereocenters. The molecule has 2 bridgehead atoms. The van der Waals surface area contributed by atoms with Gasteiger partial charge in [0, 0.05) is 70.8 Å². The van der Waals surface area contributed by atoms with E-state index >= 15 is 0 Å². The second kappa shape index (κ2) is 12.6. The Balaban J connectivity index is 1.32. The number of benzene rings is 1. The minimum Gasteiger partial charge on any atom is -0.396 e. The average molecular weight is 644 g/mol. The maximum Gasteiger partial charge on any atom is 0.284 e. The highest BCUT2D eigenvalue weighted by Gasteiger charge is 2.49. The van der Waals surface area contributed by atoms with E-state index in [0.29, 0.717) is 31.7 Å². The van der Waals surface area contributed by atoms with Crippen LogP contribution in [0, 0.1) is 5.95 Å². The van der Waals surface area contributed by atoms with E-state index in [4.69, 9.17) is 4.74 Å². The number of hydrogen-bond acceptors (Lipinski definition) is 9. The molecule has 4 heterocycles. The van der Waals surface area contributed by atoms with Crippen LogP contribution < -0.4 is 5.32 Å². The van der Waals surface area contributed by atoms with Crippen LogP contribution in [0.5, 0.6) is 0 Å². The Morgan fingerprint density at radius 1 is 1.16 bits per heavy atom. The number of sulfonamides is 1. The van der Waals surface area contributed by atoms with Crippen molar-refractivity contribution in [2.45, 2.75) is 81.8 Å². The van der Waals surface area contributed by atoms with Gasteiger partial charge < -0.3 is 15.2 Å². The third-order valence-corrected chi connectivity index (χ3v) is 12.3. The fourth-order valence-corrected chi connectivity index (χ4v) is 8.82. The van der Waals surface area contributed by atoms with Gasteiger partial charge in [-0.1, -0.05) is 31.8 Å². The van der Waals surface area contributed by atoms with E-state index in [2.05, 4.69) is 51.0 Å². The Bertz CT molecular complexity index is 1610. The summed E-state index contributed by atoms with van der Waals surface area (Å²) < 4.78 is 51.1. The highest BCUT2D eigenvalue weighted by molar-refractivity contribution is 7.89. The molecule has 3 aliphatic rings. The lowest BCUT2D eigenvalue weighted by molar-refractivity contribution is 0.0791. The zero-order valence-corrected chi connectivity index (χ0v) is 27.5. The van der Waals surface area contributed by atoms with E-state index in [9.17, 15) is 17.9 Å². The van der Waals surface area contributed by atoms with Crippen LogP contribution in [0.4, 0.5) is 16.0 Å². The van der Waals surface area contributed by atoms with Gasteiger partial charge in [-0.2, -0.15) is 13.7 Å². The third-order valence-electron chi connectivity index (χ3n) is 8.87. The first-order chi connectivity index (χ1) is 21.0. The lowest BCUT2D eigenvalue weighted by Crippen LogP contribution is -2.49. The molecule has 0 radical (unpaired) electrons. The van der Waals surface area contributed by atoms with Gasteiger partial charge in [0.25, 0.3) is 15.2 Å². The van der Waals surface area contributed by atoms with Gasteiger partial charge in [-0.05, 0) is 60.9 Å². The molecule has 2 fully saturated rings. The Morgan fingerprint density at radius 3 is 2.73 bits per heavy atom. The molecule has 6 rings (SSSR count). The Hall–Kier alpha value is -2.75. The number of aliphatic hydroxyl groups excluding tert-OH is 1. The molecule has 0 saturated carbocycles. The van der Waals surface area contributed by atoms with Gasteiger partial charge in [-0.3, -0.25) is 4.90 Å². The number of halogens is 1. The minimum absolute atomic E-state index is 0.0462. The summed E-state index contributed by atoms with van der Waals surface area (Å²) in [6, 6.07) is 8.14. The molecular weight excluding hydrogens is 602 g/mol. The molecule has 3 aromatic rings. The lowest BCUT2D eigenvalue weighted by Gasteiger charge is -2.32. The van der Waals surface area contributed by atoms with E-state index in [1.165, 1.54) is 26.8 Å². The molecule has 2 saturated heterocycles. The topological polar surface area (TPSA) is 126 Å². The van der Waals surface area contributed by atoms with Crippen LogP contribution in [0.2, 0.25) is 25.7 Å². The standard InChI is InChI=1S/C30H42FN7O4SSi/c1-44(2,3)15-14-42-20-37-29(33-28-25-7-4-6-21(25)8-9-26(28)22-10-11-32-27(31)16-22)34-30(35-37)43(40,41)38-19-23-17-24(38)18-36(23)12-5-13-39/h8-11,16,23-24,39H,4-7,12-15,17-20H2,1-3H3,(H,33,34,35)/t23-,24-/m0/s1. The number of nitrogens with zero attached hydrogens (tertiary/aromatic N) is 6. The van der Waals surface area contributed by atoms with Crippen LogP contribution in [0.3, 0.4) is 0 Å². The van der Waals surface area contributed by atoms with E-state index < -0.39 is 24.0 Å². The lowest BCUT2D eigenvalue weighted by atomic mass is 9.98. The van der Waals surface area contributed by atoms with Gasteiger partial charge in [0.2, 0.25) is 11.9 Å². The number of pyridine rings is 1. The quantitative estimate of drug-likeness (QED) is 0.162. The molecule has 1 aliphatic carbocycles. The van der Waals surface area contributed by atoms with Crippen LogP contribution in [-0.2, 0) is 34.3 Å². The molecule has 0 spiro atoms. The first kappa shape index (κ1) is 31.2. The van der Waals surface area contributed by atoms with Gasteiger partial charge in [0.05, 0.1) is 5.69 Å². The van der Waals surface area contributed by atoms with Crippen molar-refractivity contribution in [2.24, 2.45) is 0 Å². The first-order valence-corrected chi connectivity index (χ1v) is 20.6. The summed E-state index contributed by atoms with van der Waals surface area (Å²) in [6.07, 6.45) is 5.65. The Morgan fingerprint density at radius 2 is 2.00 bits per heavy atom. The van der Waals surface area contributed by atoms with Crippen molar-refractivity contribution in [3.8, 4) is 11.1 Å². The van der Waals surface area contributed by atoms with Crippen molar-refractivity contribution in [3.05, 3.63) is 47.5 Å². The number of likely N-dealkylation sites (tertiary alicyclic amines) is 1. The van der Waals surface area contributed by atoms with Crippen molar-refractivity contribution in [1.29, 1.82) is 0 Å². The number of aryl methyl sites for hydroxylation is 1. The first-order valence-electron chi connectivity index (χ1n) is 15.5. The molecule has 2 aromatic heterocycles. The summed E-state index contributed by atoms with van der Waals surface area (Å²) >= 11 is 0. The number of rotatable bonds is 13. The van der Waals surface area contributed by atoms with Crippen LogP contribution >= 0.6 is 0 Å². The minimum atomic E-state index is -3.97. The smallest absolute Gasteiger partial charge is 0.284 e. The molecule has 238 valence electrons. The fourth-order valence-electron chi connectivity index (χ4n) is 6.53. The maximum atomic E-state index is 14.2. The highest BCUT2D eigenvalue weighted by Crippen LogP contribution is 2.40. The second-order valence-corrected chi connectivity index (χ2v) is 20.6. The summed E-state index contributed by atoms with van der Waals surface area (Å²) in [7, 11) is -5.31.